The van der Waals surface area contributed by atoms with Crippen LogP contribution in [0, 0.1) is 0 Å². The van der Waals surface area contributed by atoms with E-state index in [0.29, 0.717) is 5.92 Å². The molecule has 0 saturated heterocycles. The number of benzene rings is 9. The highest BCUT2D eigenvalue weighted by atomic mass is 15.0. The zero-order chi connectivity index (χ0) is 35.6. The molecular formula is C53H37N. The molecule has 0 N–H and O–H groups in total. The van der Waals surface area contributed by atoms with Crippen molar-refractivity contribution < 1.29 is 0 Å². The van der Waals surface area contributed by atoms with Crippen molar-refractivity contribution in [2.45, 2.75) is 18.8 Å². The minimum absolute atomic E-state index is 0.326. The van der Waals surface area contributed by atoms with Crippen molar-refractivity contribution in [3.63, 3.8) is 0 Å². The van der Waals surface area contributed by atoms with Crippen molar-refractivity contribution in [1.82, 2.24) is 4.57 Å². The van der Waals surface area contributed by atoms with E-state index in [9.17, 15) is 0 Å². The van der Waals surface area contributed by atoms with Crippen molar-refractivity contribution in [2.24, 2.45) is 0 Å². The van der Waals surface area contributed by atoms with Crippen molar-refractivity contribution in [1.29, 1.82) is 0 Å². The first-order valence-corrected chi connectivity index (χ1v) is 19.1. The lowest BCUT2D eigenvalue weighted by Gasteiger charge is -2.20. The molecule has 1 atom stereocenters. The fourth-order valence-corrected chi connectivity index (χ4v) is 9.18. The van der Waals surface area contributed by atoms with E-state index in [1.807, 2.05) is 0 Å². The van der Waals surface area contributed by atoms with Crippen LogP contribution in [-0.4, -0.2) is 4.57 Å². The first-order chi connectivity index (χ1) is 26.8. The van der Waals surface area contributed by atoms with Crippen LogP contribution in [0.3, 0.4) is 0 Å². The van der Waals surface area contributed by atoms with Gasteiger partial charge in [0.15, 0.2) is 0 Å². The zero-order valence-corrected chi connectivity index (χ0v) is 29.9. The molecule has 0 radical (unpaired) electrons. The Hall–Kier alpha value is -6.70. The third kappa shape index (κ3) is 5.00. The lowest BCUT2D eigenvalue weighted by molar-refractivity contribution is 0.726. The molecular weight excluding hydrogens is 651 g/mol. The van der Waals surface area contributed by atoms with Gasteiger partial charge in [-0.15, -0.1) is 0 Å². The van der Waals surface area contributed by atoms with E-state index >= 15 is 0 Å². The van der Waals surface area contributed by atoms with Crippen LogP contribution in [0.2, 0.25) is 0 Å². The number of rotatable bonds is 4. The van der Waals surface area contributed by atoms with Crippen LogP contribution >= 0.6 is 0 Å². The van der Waals surface area contributed by atoms with Crippen LogP contribution in [0.25, 0.3) is 82.4 Å². The van der Waals surface area contributed by atoms with Gasteiger partial charge < -0.3 is 4.57 Å². The molecule has 254 valence electrons. The SMILES string of the molecule is c1ccc(-c2ccc(C3CCc4ccccc4-c4cc(-c5ccc6c(c5)c5ccccc5n6-c5ccc6c(ccc7ccccc76)c5)ccc43)cc2)cc1. The van der Waals surface area contributed by atoms with Gasteiger partial charge in [-0.2, -0.15) is 0 Å². The largest absolute Gasteiger partial charge is 0.309 e. The van der Waals surface area contributed by atoms with Crippen molar-refractivity contribution in [3.8, 4) is 39.1 Å². The van der Waals surface area contributed by atoms with Gasteiger partial charge in [0.05, 0.1) is 11.0 Å². The molecule has 11 rings (SSSR count). The van der Waals surface area contributed by atoms with E-state index < -0.39 is 0 Å². The van der Waals surface area contributed by atoms with Gasteiger partial charge in [-0.3, -0.25) is 0 Å². The van der Waals surface area contributed by atoms with Gasteiger partial charge in [-0.25, -0.2) is 0 Å². The van der Waals surface area contributed by atoms with Gasteiger partial charge in [0.2, 0.25) is 0 Å². The second-order valence-electron chi connectivity index (χ2n) is 14.8. The average Bonchev–Trinajstić information content (AvgIpc) is 3.48. The number of para-hydroxylation sites is 1. The summed E-state index contributed by atoms with van der Waals surface area (Å²) in [5, 5.41) is 7.65. The summed E-state index contributed by atoms with van der Waals surface area (Å²) in [4.78, 5) is 0. The van der Waals surface area contributed by atoms with Gasteiger partial charge >= 0.3 is 0 Å². The Bertz CT molecular complexity index is 3040. The fraction of sp³-hybridized carbons (Fsp3) is 0.0566. The van der Waals surface area contributed by atoms with Crippen LogP contribution in [0.15, 0.2) is 194 Å². The van der Waals surface area contributed by atoms with Crippen molar-refractivity contribution >= 4 is 43.4 Å². The molecule has 9 aromatic carbocycles. The molecule has 1 heterocycles. The van der Waals surface area contributed by atoms with Gasteiger partial charge in [0.25, 0.3) is 0 Å². The van der Waals surface area contributed by atoms with E-state index in [4.69, 9.17) is 0 Å². The topological polar surface area (TPSA) is 4.93 Å². The summed E-state index contributed by atoms with van der Waals surface area (Å²) in [6.45, 7) is 0. The van der Waals surface area contributed by atoms with Crippen LogP contribution in [0.4, 0.5) is 0 Å². The Kier molecular flexibility index (Phi) is 7.13. The summed E-state index contributed by atoms with van der Waals surface area (Å²) in [7, 11) is 0. The molecule has 1 unspecified atom stereocenters. The van der Waals surface area contributed by atoms with Gasteiger partial charge in [-0.05, 0) is 121 Å². The molecule has 0 amide bonds. The monoisotopic (exact) mass is 687 g/mol. The van der Waals surface area contributed by atoms with Gasteiger partial charge in [0.1, 0.15) is 0 Å². The van der Waals surface area contributed by atoms with E-state index in [2.05, 4.69) is 199 Å². The highest BCUT2D eigenvalue weighted by Gasteiger charge is 2.24. The highest BCUT2D eigenvalue weighted by molar-refractivity contribution is 6.12. The van der Waals surface area contributed by atoms with E-state index in [0.717, 1.165) is 12.8 Å². The molecule has 54 heavy (non-hydrogen) atoms. The molecule has 0 fully saturated rings. The standard InChI is InChI=1S/C53H37N/c1-2-10-35(11-3-1)36-18-20-39(21-19-36)46-28-24-38-13-5-7-15-45(38)50-33-40(25-29-48(46)50)41-26-31-53-51(34-41)49-16-8-9-17-52(49)54(53)43-27-30-47-42(32-43)23-22-37-12-4-6-14-44(37)47/h1-23,25-27,29-34,46H,24,28H2. The lowest BCUT2D eigenvalue weighted by atomic mass is 9.84. The molecule has 1 aliphatic rings. The smallest absolute Gasteiger partial charge is 0.0541 e. The van der Waals surface area contributed by atoms with Crippen LogP contribution in [0.5, 0.6) is 0 Å². The summed E-state index contributed by atoms with van der Waals surface area (Å²) in [6, 6.07) is 72.2. The molecule has 0 aliphatic heterocycles. The van der Waals surface area contributed by atoms with Crippen molar-refractivity contribution in [3.05, 3.63) is 211 Å². The Labute approximate surface area is 315 Å². The maximum absolute atomic E-state index is 2.46. The lowest BCUT2D eigenvalue weighted by Crippen LogP contribution is -2.02. The molecule has 1 aliphatic carbocycles. The quantitative estimate of drug-likeness (QED) is 0.162. The predicted molar refractivity (Wildman–Crippen MR) is 229 cm³/mol. The van der Waals surface area contributed by atoms with Gasteiger partial charge in [-0.1, -0.05) is 158 Å². The van der Waals surface area contributed by atoms with Crippen molar-refractivity contribution in [2.75, 3.05) is 0 Å². The molecule has 1 nitrogen and oxygen atoms in total. The minimum Gasteiger partial charge on any atom is -0.309 e. The third-order valence-corrected chi connectivity index (χ3v) is 11.9. The second kappa shape index (κ2) is 12.5. The molecule has 1 heteroatoms. The molecule has 0 saturated carbocycles. The number of hydrogen-bond acceptors (Lipinski definition) is 0. The minimum atomic E-state index is 0.326. The van der Waals surface area contributed by atoms with E-state index in [1.165, 1.54) is 99.1 Å². The maximum atomic E-state index is 2.46. The summed E-state index contributed by atoms with van der Waals surface area (Å²) in [6.07, 6.45) is 2.15. The summed E-state index contributed by atoms with van der Waals surface area (Å²) in [5.74, 6) is 0.326. The first-order valence-electron chi connectivity index (χ1n) is 19.1. The summed E-state index contributed by atoms with van der Waals surface area (Å²) < 4.78 is 2.43. The Morgan fingerprint density at radius 2 is 1.06 bits per heavy atom. The predicted octanol–water partition coefficient (Wildman–Crippen LogP) is 14.2. The molecule has 10 aromatic rings. The highest BCUT2D eigenvalue weighted by Crippen LogP contribution is 2.44. The maximum Gasteiger partial charge on any atom is 0.0541 e. The van der Waals surface area contributed by atoms with Crippen LogP contribution in [-0.2, 0) is 6.42 Å². The molecule has 0 spiro atoms. The Morgan fingerprint density at radius 3 is 1.96 bits per heavy atom. The Morgan fingerprint density at radius 1 is 0.389 bits per heavy atom. The number of aryl methyl sites for hydroxylation is 1. The number of aromatic nitrogens is 1. The second-order valence-corrected chi connectivity index (χ2v) is 14.8. The number of fused-ring (bicyclic) bond motifs is 9. The van der Waals surface area contributed by atoms with Crippen LogP contribution < -0.4 is 0 Å². The summed E-state index contributed by atoms with van der Waals surface area (Å²) >= 11 is 0. The first kappa shape index (κ1) is 30.9. The number of nitrogens with zero attached hydrogens (tertiary/aromatic N) is 1. The van der Waals surface area contributed by atoms with E-state index in [-0.39, 0.29) is 0 Å². The van der Waals surface area contributed by atoms with E-state index in [1.54, 1.807) is 0 Å². The average molecular weight is 688 g/mol. The molecule has 1 aromatic heterocycles. The van der Waals surface area contributed by atoms with Gasteiger partial charge in [0, 0.05) is 22.4 Å². The third-order valence-electron chi connectivity index (χ3n) is 11.9. The molecule has 0 bridgehead atoms. The fourth-order valence-electron chi connectivity index (χ4n) is 9.18. The normalized spacial score (nSPS) is 14.0. The van der Waals surface area contributed by atoms with Crippen LogP contribution in [0.1, 0.15) is 29.0 Å². The number of hydrogen-bond donors (Lipinski definition) is 0. The Balaban J connectivity index is 1.03. The zero-order valence-electron chi connectivity index (χ0n) is 29.9. The summed E-state index contributed by atoms with van der Waals surface area (Å²) in [5.41, 5.74) is 15.6.